The van der Waals surface area contributed by atoms with E-state index in [9.17, 15) is 19.5 Å². The Morgan fingerprint density at radius 3 is 2.73 bits per heavy atom. The number of carbonyl (C=O) groups is 3. The number of fused-ring (bicyclic) bond motifs is 1. The number of carboxylic acid groups (broad SMARTS) is 1. The van der Waals surface area contributed by atoms with Crippen LogP contribution in [0, 0.1) is 0 Å². The summed E-state index contributed by atoms with van der Waals surface area (Å²) in [6.45, 7) is 2.44. The van der Waals surface area contributed by atoms with Gasteiger partial charge in [-0.3, -0.25) is 9.59 Å². The van der Waals surface area contributed by atoms with Crippen LogP contribution in [0.15, 0.2) is 29.8 Å². The van der Waals surface area contributed by atoms with E-state index in [0.29, 0.717) is 30.0 Å². The molecule has 1 aliphatic rings. The summed E-state index contributed by atoms with van der Waals surface area (Å²) in [5.74, 6) is -0.248. The first-order chi connectivity index (χ1) is 15.9. The Morgan fingerprint density at radius 1 is 1.24 bits per heavy atom. The van der Waals surface area contributed by atoms with Crippen molar-refractivity contribution in [1.29, 1.82) is 0 Å². The van der Waals surface area contributed by atoms with Crippen molar-refractivity contribution < 1.29 is 29.0 Å². The average Bonchev–Trinajstić information content (AvgIpc) is 3.46. The molecule has 0 saturated heterocycles. The topological polar surface area (TPSA) is 130 Å². The van der Waals surface area contributed by atoms with Crippen LogP contribution in [-0.4, -0.2) is 52.8 Å². The molecule has 1 aliphatic heterocycles. The normalized spacial score (nSPS) is 13.8. The number of unbranched alkanes of at least 4 members (excludes halogenated alkanes) is 1. The number of nitrogens with one attached hydrogen (secondary N) is 2. The molecule has 2 atom stereocenters. The fraction of sp³-hybridized carbons (Fsp3) is 0.455. The number of aliphatic carboxylic acids is 1. The number of likely N-dealkylation sites (N-methyl/N-ethyl adjacent to an activating group) is 1. The molecule has 0 radical (unpaired) electrons. The number of nitrogens with zero attached hydrogens (tertiary/aromatic N) is 2. The van der Waals surface area contributed by atoms with E-state index in [1.165, 1.54) is 16.2 Å². The molecular formula is C22H28N4O6S. The van der Waals surface area contributed by atoms with Crippen molar-refractivity contribution in [2.75, 3.05) is 13.8 Å². The molecule has 2 aromatic rings. The van der Waals surface area contributed by atoms with Crippen LogP contribution < -0.4 is 20.1 Å². The lowest BCUT2D eigenvalue weighted by Gasteiger charge is -2.25. The highest BCUT2D eigenvalue weighted by Gasteiger charge is 2.27. The number of thiazole rings is 1. The van der Waals surface area contributed by atoms with Gasteiger partial charge in [0.15, 0.2) is 11.5 Å². The number of carboxylic acids is 1. The van der Waals surface area contributed by atoms with Crippen LogP contribution in [-0.2, 0) is 16.1 Å². The monoisotopic (exact) mass is 476 g/mol. The Morgan fingerprint density at radius 2 is 2.03 bits per heavy atom. The number of rotatable bonds is 11. The maximum absolute atomic E-state index is 13.0. The lowest BCUT2D eigenvalue weighted by molar-refractivity contribution is -0.137. The SMILES string of the molecule is CCCC[C@H](NC(=O)N[C@@H](CC(=O)O)c1ccc2c(c1)OCO2)C(=O)N(C)Cc1nccs1. The van der Waals surface area contributed by atoms with Gasteiger partial charge in [-0.05, 0) is 24.1 Å². The quantitative estimate of drug-likeness (QED) is 0.455. The van der Waals surface area contributed by atoms with Crippen molar-refractivity contribution in [2.24, 2.45) is 0 Å². The summed E-state index contributed by atoms with van der Waals surface area (Å²) in [7, 11) is 1.67. The molecule has 0 aliphatic carbocycles. The van der Waals surface area contributed by atoms with Crippen LogP contribution >= 0.6 is 11.3 Å². The van der Waals surface area contributed by atoms with Crippen LogP contribution in [0.2, 0.25) is 0 Å². The summed E-state index contributed by atoms with van der Waals surface area (Å²) >= 11 is 1.45. The summed E-state index contributed by atoms with van der Waals surface area (Å²) in [6.07, 6.45) is 3.44. The molecule has 10 nitrogen and oxygen atoms in total. The van der Waals surface area contributed by atoms with Crippen LogP contribution in [0.4, 0.5) is 4.79 Å². The number of aromatic nitrogens is 1. The minimum absolute atomic E-state index is 0.0893. The Hall–Kier alpha value is -3.34. The van der Waals surface area contributed by atoms with Crippen molar-refractivity contribution in [3.63, 3.8) is 0 Å². The van der Waals surface area contributed by atoms with E-state index in [1.807, 2.05) is 12.3 Å². The number of hydrogen-bond donors (Lipinski definition) is 3. The van der Waals surface area contributed by atoms with Gasteiger partial charge in [-0.25, -0.2) is 9.78 Å². The molecule has 1 aromatic carbocycles. The van der Waals surface area contributed by atoms with E-state index in [4.69, 9.17) is 9.47 Å². The molecule has 0 saturated carbocycles. The molecule has 1 aromatic heterocycles. The average molecular weight is 477 g/mol. The van der Waals surface area contributed by atoms with Gasteiger partial charge in [0.05, 0.1) is 19.0 Å². The number of amides is 3. The van der Waals surface area contributed by atoms with Gasteiger partial charge >= 0.3 is 12.0 Å². The molecule has 2 heterocycles. The summed E-state index contributed by atoms with van der Waals surface area (Å²) in [4.78, 5) is 43.0. The highest BCUT2D eigenvalue weighted by molar-refractivity contribution is 7.09. The molecule has 0 bridgehead atoms. The second-order valence-electron chi connectivity index (χ2n) is 7.70. The minimum Gasteiger partial charge on any atom is -0.481 e. The number of urea groups is 1. The summed E-state index contributed by atoms with van der Waals surface area (Å²) in [5, 5.41) is 17.4. The third-order valence-corrected chi connectivity index (χ3v) is 5.93. The summed E-state index contributed by atoms with van der Waals surface area (Å²) in [6, 6.07) is 2.84. The molecule has 11 heteroatoms. The van der Waals surface area contributed by atoms with Gasteiger partial charge in [-0.15, -0.1) is 11.3 Å². The Bertz CT molecular complexity index is 968. The maximum Gasteiger partial charge on any atom is 0.315 e. The molecule has 0 fully saturated rings. The van der Waals surface area contributed by atoms with Crippen molar-refractivity contribution in [2.45, 2.75) is 51.2 Å². The molecular weight excluding hydrogens is 448 g/mol. The van der Waals surface area contributed by atoms with Crippen molar-refractivity contribution in [1.82, 2.24) is 20.5 Å². The van der Waals surface area contributed by atoms with Gasteiger partial charge < -0.3 is 30.1 Å². The Labute approximate surface area is 195 Å². The molecule has 0 spiro atoms. The first-order valence-corrected chi connectivity index (χ1v) is 11.6. The second-order valence-corrected chi connectivity index (χ2v) is 8.68. The van der Waals surface area contributed by atoms with Crippen molar-refractivity contribution >= 4 is 29.2 Å². The van der Waals surface area contributed by atoms with Crippen LogP contribution in [0.1, 0.15) is 49.2 Å². The second kappa shape index (κ2) is 11.5. The predicted octanol–water partition coefficient (Wildman–Crippen LogP) is 2.90. The minimum atomic E-state index is -1.07. The standard InChI is InChI=1S/C22H28N4O6S/c1-3-4-5-15(21(29)26(2)12-19-23-8-9-33-19)24-22(30)25-16(11-20(27)28)14-6-7-17-18(10-14)32-13-31-17/h6-10,15-16H,3-5,11-13H2,1-2H3,(H,27,28)(H2,24,25,30)/t15-,16-/m0/s1. The van der Waals surface area contributed by atoms with Crippen LogP contribution in [0.3, 0.4) is 0 Å². The first kappa shape index (κ1) is 24.3. The van der Waals surface area contributed by atoms with E-state index < -0.39 is 24.1 Å². The van der Waals surface area contributed by atoms with E-state index in [0.717, 1.165) is 17.8 Å². The first-order valence-electron chi connectivity index (χ1n) is 10.7. The van der Waals surface area contributed by atoms with Crippen molar-refractivity contribution in [3.05, 3.63) is 40.3 Å². The molecule has 33 heavy (non-hydrogen) atoms. The van der Waals surface area contributed by atoms with Crippen molar-refractivity contribution in [3.8, 4) is 11.5 Å². The molecule has 178 valence electrons. The lowest BCUT2D eigenvalue weighted by atomic mass is 10.0. The van der Waals surface area contributed by atoms with Gasteiger partial charge in [0.25, 0.3) is 0 Å². The summed E-state index contributed by atoms with van der Waals surface area (Å²) < 4.78 is 10.6. The number of benzene rings is 1. The molecule has 3 rings (SSSR count). The maximum atomic E-state index is 13.0. The fourth-order valence-electron chi connectivity index (χ4n) is 3.46. The highest BCUT2D eigenvalue weighted by Crippen LogP contribution is 2.34. The fourth-order valence-corrected chi connectivity index (χ4v) is 4.13. The van der Waals surface area contributed by atoms with Gasteiger partial charge in [-0.2, -0.15) is 0 Å². The highest BCUT2D eigenvalue weighted by atomic mass is 32.1. The zero-order valence-electron chi connectivity index (χ0n) is 18.6. The van der Waals surface area contributed by atoms with E-state index in [-0.39, 0.29) is 19.1 Å². The van der Waals surface area contributed by atoms with Gasteiger partial charge in [0.1, 0.15) is 11.0 Å². The van der Waals surface area contributed by atoms with E-state index in [2.05, 4.69) is 15.6 Å². The number of carbonyl (C=O) groups excluding carboxylic acids is 2. The van der Waals surface area contributed by atoms with E-state index in [1.54, 1.807) is 31.4 Å². The molecule has 3 amide bonds. The zero-order valence-corrected chi connectivity index (χ0v) is 19.4. The Balaban J connectivity index is 1.68. The smallest absolute Gasteiger partial charge is 0.315 e. The largest absolute Gasteiger partial charge is 0.481 e. The van der Waals surface area contributed by atoms with Gasteiger partial charge in [0.2, 0.25) is 12.7 Å². The van der Waals surface area contributed by atoms with Gasteiger partial charge in [-0.1, -0.05) is 25.8 Å². The van der Waals surface area contributed by atoms with Crippen LogP contribution in [0.25, 0.3) is 0 Å². The number of ether oxygens (including phenoxy) is 2. The van der Waals surface area contributed by atoms with E-state index >= 15 is 0 Å². The van der Waals surface area contributed by atoms with Gasteiger partial charge in [0, 0.05) is 18.6 Å². The Kier molecular flexibility index (Phi) is 8.47. The molecule has 0 unspecified atom stereocenters. The number of hydrogen-bond acceptors (Lipinski definition) is 7. The van der Waals surface area contributed by atoms with Crippen LogP contribution in [0.5, 0.6) is 11.5 Å². The predicted molar refractivity (Wildman–Crippen MR) is 121 cm³/mol. The third kappa shape index (κ3) is 6.82. The third-order valence-electron chi connectivity index (χ3n) is 5.16. The zero-order chi connectivity index (χ0) is 23.8. The summed E-state index contributed by atoms with van der Waals surface area (Å²) in [5.41, 5.74) is 0.564. The lowest BCUT2D eigenvalue weighted by Crippen LogP contribution is -2.51. The molecule has 3 N–H and O–H groups in total.